The lowest BCUT2D eigenvalue weighted by Gasteiger charge is -2.13. The highest BCUT2D eigenvalue weighted by Gasteiger charge is 2.10. The molecule has 0 aliphatic carbocycles. The number of nitrogens with one attached hydrogen (secondary N) is 1. The zero-order valence-electron chi connectivity index (χ0n) is 12.0. The molecule has 0 saturated heterocycles. The van der Waals surface area contributed by atoms with Crippen LogP contribution in [0, 0.1) is 6.92 Å². The summed E-state index contributed by atoms with van der Waals surface area (Å²) in [5.74, 6) is 0. The van der Waals surface area contributed by atoms with E-state index in [1.165, 1.54) is 23.4 Å². The summed E-state index contributed by atoms with van der Waals surface area (Å²) in [6.07, 6.45) is 1.74. The molecule has 0 radical (unpaired) electrons. The Morgan fingerprint density at radius 3 is 2.86 bits per heavy atom. The van der Waals surface area contributed by atoms with Crippen LogP contribution >= 0.6 is 27.7 Å². The van der Waals surface area contributed by atoms with E-state index in [0.29, 0.717) is 10.9 Å². The second-order valence-corrected chi connectivity index (χ2v) is 6.86. The molecule has 1 aromatic carbocycles. The second-order valence-electron chi connectivity index (χ2n) is 4.92. The predicted molar refractivity (Wildman–Crippen MR) is 89.8 cm³/mol. The fourth-order valence-electron chi connectivity index (χ4n) is 1.92. The minimum Gasteiger partial charge on any atom is -0.327 e. The van der Waals surface area contributed by atoms with Crippen molar-refractivity contribution in [3.8, 4) is 0 Å². The molecule has 2 aromatic rings. The molecule has 21 heavy (non-hydrogen) atoms. The number of H-pyrrole nitrogens is 1. The van der Waals surface area contributed by atoms with E-state index in [1.807, 2.05) is 19.1 Å². The minimum atomic E-state index is -0.133. The number of benzene rings is 1. The number of aryl methyl sites for hydroxylation is 1. The van der Waals surface area contributed by atoms with E-state index in [0.717, 1.165) is 22.2 Å². The molecule has 0 bridgehead atoms. The summed E-state index contributed by atoms with van der Waals surface area (Å²) in [7, 11) is 0. The standard InChI is InChI=1S/C15H18BrN3OS/c1-3-12(17)7-10-4-5-11(16)8-13(10)21-15-18-9(2)6-14(20)19-15/h4-6,8,12H,3,7,17H2,1-2H3,(H,18,19,20). The van der Waals surface area contributed by atoms with Gasteiger partial charge < -0.3 is 10.7 Å². The highest BCUT2D eigenvalue weighted by molar-refractivity contribution is 9.10. The maximum Gasteiger partial charge on any atom is 0.251 e. The van der Waals surface area contributed by atoms with E-state index in [2.05, 4.69) is 38.9 Å². The zero-order valence-corrected chi connectivity index (χ0v) is 14.4. The Labute approximate surface area is 136 Å². The lowest BCUT2D eigenvalue weighted by atomic mass is 10.1. The molecule has 0 saturated carbocycles. The number of hydrogen-bond acceptors (Lipinski definition) is 4. The van der Waals surface area contributed by atoms with E-state index >= 15 is 0 Å². The van der Waals surface area contributed by atoms with Crippen LogP contribution in [-0.4, -0.2) is 16.0 Å². The lowest BCUT2D eigenvalue weighted by Crippen LogP contribution is -2.21. The van der Waals surface area contributed by atoms with Gasteiger partial charge in [0, 0.05) is 27.2 Å². The van der Waals surface area contributed by atoms with Gasteiger partial charge in [0.2, 0.25) is 0 Å². The molecule has 1 aromatic heterocycles. The van der Waals surface area contributed by atoms with Crippen molar-refractivity contribution in [2.45, 2.75) is 42.8 Å². The summed E-state index contributed by atoms with van der Waals surface area (Å²) in [5, 5.41) is 0.601. The van der Waals surface area contributed by atoms with Gasteiger partial charge in [0.1, 0.15) is 0 Å². The van der Waals surface area contributed by atoms with Crippen molar-refractivity contribution >= 4 is 27.7 Å². The van der Waals surface area contributed by atoms with E-state index in [1.54, 1.807) is 0 Å². The van der Waals surface area contributed by atoms with Gasteiger partial charge in [-0.2, -0.15) is 0 Å². The van der Waals surface area contributed by atoms with Crippen LogP contribution < -0.4 is 11.3 Å². The van der Waals surface area contributed by atoms with Gasteiger partial charge in [-0.05, 0) is 37.5 Å². The van der Waals surface area contributed by atoms with Gasteiger partial charge in [-0.15, -0.1) is 0 Å². The number of hydrogen-bond donors (Lipinski definition) is 2. The first-order chi connectivity index (χ1) is 9.97. The average molecular weight is 368 g/mol. The topological polar surface area (TPSA) is 71.8 Å². The fraction of sp³-hybridized carbons (Fsp3) is 0.333. The molecule has 2 rings (SSSR count). The Bertz CT molecular complexity index is 687. The molecule has 0 fully saturated rings. The van der Waals surface area contributed by atoms with Crippen LogP contribution in [0.3, 0.4) is 0 Å². The van der Waals surface area contributed by atoms with Gasteiger partial charge in [0.15, 0.2) is 5.16 Å². The Hall–Kier alpha value is -1.11. The summed E-state index contributed by atoms with van der Waals surface area (Å²) in [4.78, 5) is 19.7. The third-order valence-corrected chi connectivity index (χ3v) is 4.57. The number of nitrogens with zero attached hydrogens (tertiary/aromatic N) is 1. The van der Waals surface area contributed by atoms with Crippen LogP contribution in [0.25, 0.3) is 0 Å². The van der Waals surface area contributed by atoms with Crippen LogP contribution in [0.15, 0.2) is 43.6 Å². The highest BCUT2D eigenvalue weighted by atomic mass is 79.9. The summed E-state index contributed by atoms with van der Waals surface area (Å²) in [6.45, 7) is 3.89. The molecular formula is C15H18BrN3OS. The zero-order chi connectivity index (χ0) is 15.4. The normalized spacial score (nSPS) is 12.4. The second kappa shape index (κ2) is 7.24. The lowest BCUT2D eigenvalue weighted by molar-refractivity contribution is 0.641. The summed E-state index contributed by atoms with van der Waals surface area (Å²) < 4.78 is 0.994. The average Bonchev–Trinajstić information content (AvgIpc) is 2.40. The van der Waals surface area contributed by atoms with Gasteiger partial charge in [-0.3, -0.25) is 4.79 Å². The Kier molecular flexibility index (Phi) is 5.61. The highest BCUT2D eigenvalue weighted by Crippen LogP contribution is 2.31. The third kappa shape index (κ3) is 4.69. The Morgan fingerprint density at radius 2 is 2.19 bits per heavy atom. The number of nitrogens with two attached hydrogens (primary N) is 1. The Balaban J connectivity index is 2.33. The van der Waals surface area contributed by atoms with E-state index in [9.17, 15) is 4.79 Å². The van der Waals surface area contributed by atoms with Gasteiger partial charge in [0.25, 0.3) is 5.56 Å². The van der Waals surface area contributed by atoms with E-state index < -0.39 is 0 Å². The van der Waals surface area contributed by atoms with Crippen LogP contribution in [0.4, 0.5) is 0 Å². The summed E-state index contributed by atoms with van der Waals surface area (Å²) >= 11 is 4.94. The van der Waals surface area contributed by atoms with Gasteiger partial charge in [-0.1, -0.05) is 40.7 Å². The SMILES string of the molecule is CCC(N)Cc1ccc(Br)cc1Sc1nc(C)cc(=O)[nH]1. The molecule has 1 heterocycles. The number of rotatable bonds is 5. The molecule has 6 heteroatoms. The van der Waals surface area contributed by atoms with Crippen LogP contribution in [-0.2, 0) is 6.42 Å². The summed E-state index contributed by atoms with van der Waals surface area (Å²) in [6, 6.07) is 7.73. The predicted octanol–water partition coefficient (Wildman–Crippen LogP) is 3.27. The van der Waals surface area contributed by atoms with Crippen molar-refractivity contribution in [2.24, 2.45) is 5.73 Å². The maximum absolute atomic E-state index is 11.5. The summed E-state index contributed by atoms with van der Waals surface area (Å²) in [5.41, 5.74) is 7.81. The molecule has 112 valence electrons. The molecule has 4 nitrogen and oxygen atoms in total. The van der Waals surface area contributed by atoms with Gasteiger partial charge in [0.05, 0.1) is 0 Å². The van der Waals surface area contributed by atoms with Gasteiger partial charge >= 0.3 is 0 Å². The molecule has 0 aliphatic heterocycles. The molecule has 0 aliphatic rings. The molecule has 1 atom stereocenters. The first-order valence-corrected chi connectivity index (χ1v) is 8.38. The van der Waals surface area contributed by atoms with Crippen molar-refractivity contribution in [1.29, 1.82) is 0 Å². The molecule has 1 unspecified atom stereocenters. The fourth-order valence-corrected chi connectivity index (χ4v) is 3.45. The van der Waals surface area contributed by atoms with Crippen LogP contribution in [0.5, 0.6) is 0 Å². The quantitative estimate of drug-likeness (QED) is 0.795. The molecule has 0 amide bonds. The smallest absolute Gasteiger partial charge is 0.251 e. The van der Waals surface area contributed by atoms with E-state index in [4.69, 9.17) is 5.73 Å². The first-order valence-electron chi connectivity index (χ1n) is 6.77. The van der Waals surface area contributed by atoms with Crippen molar-refractivity contribution in [1.82, 2.24) is 9.97 Å². The number of aromatic amines is 1. The molecular weight excluding hydrogens is 350 g/mol. The van der Waals surface area contributed by atoms with Gasteiger partial charge in [-0.25, -0.2) is 4.98 Å². The van der Waals surface area contributed by atoms with Crippen LogP contribution in [0.1, 0.15) is 24.6 Å². The first kappa shape index (κ1) is 16.3. The van der Waals surface area contributed by atoms with Crippen molar-refractivity contribution < 1.29 is 0 Å². The van der Waals surface area contributed by atoms with E-state index in [-0.39, 0.29) is 11.6 Å². The minimum absolute atomic E-state index is 0.133. The maximum atomic E-state index is 11.5. The molecule has 0 spiro atoms. The van der Waals surface area contributed by atoms with Crippen molar-refractivity contribution in [2.75, 3.05) is 0 Å². The van der Waals surface area contributed by atoms with Crippen molar-refractivity contribution in [3.05, 3.63) is 50.3 Å². The number of halogens is 1. The van der Waals surface area contributed by atoms with Crippen molar-refractivity contribution in [3.63, 3.8) is 0 Å². The largest absolute Gasteiger partial charge is 0.327 e. The van der Waals surface area contributed by atoms with Crippen LogP contribution in [0.2, 0.25) is 0 Å². The monoisotopic (exact) mass is 367 g/mol. The Morgan fingerprint density at radius 1 is 1.43 bits per heavy atom. The number of aromatic nitrogens is 2. The molecule has 3 N–H and O–H groups in total. The third-order valence-electron chi connectivity index (χ3n) is 3.09.